The number of halogens is 2. The highest BCUT2D eigenvalue weighted by atomic mass is 19.3. The maximum atomic E-state index is 12.6. The van der Waals surface area contributed by atoms with Crippen LogP contribution in [0, 0.1) is 11.3 Å². The maximum absolute atomic E-state index is 12.6. The molecule has 3 nitrogen and oxygen atoms in total. The van der Waals surface area contributed by atoms with Crippen molar-refractivity contribution in [3.8, 4) is 6.07 Å². The predicted molar refractivity (Wildman–Crippen MR) is 56.8 cm³/mol. The molecule has 0 spiro atoms. The van der Waals surface area contributed by atoms with Gasteiger partial charge in [0.15, 0.2) is 0 Å². The number of hydrogen-bond acceptors (Lipinski definition) is 2. The third-order valence-corrected chi connectivity index (χ3v) is 2.60. The van der Waals surface area contributed by atoms with Crippen molar-refractivity contribution in [3.05, 3.63) is 35.4 Å². The summed E-state index contributed by atoms with van der Waals surface area (Å²) in [6.07, 6.45) is -0.113. The molecule has 0 aliphatic heterocycles. The Bertz CT molecular complexity index is 415. The van der Waals surface area contributed by atoms with Crippen molar-refractivity contribution in [1.29, 1.82) is 5.26 Å². The SMILES string of the molecule is N#Cc1ccc(C2CC(F)(F)C2)cc1.O=CO. The summed E-state index contributed by atoms with van der Waals surface area (Å²) in [5, 5.41) is 15.4. The van der Waals surface area contributed by atoms with Gasteiger partial charge in [0.1, 0.15) is 0 Å². The Hall–Kier alpha value is -1.96. The molecule has 0 bridgehead atoms. The lowest BCUT2D eigenvalue weighted by molar-refractivity contribution is -0.122. The van der Waals surface area contributed by atoms with Crippen LogP contribution in [0.15, 0.2) is 24.3 Å². The van der Waals surface area contributed by atoms with Gasteiger partial charge in [-0.3, -0.25) is 4.79 Å². The first-order valence-electron chi connectivity index (χ1n) is 4.98. The van der Waals surface area contributed by atoms with E-state index in [1.807, 2.05) is 6.07 Å². The lowest BCUT2D eigenvalue weighted by Gasteiger charge is -2.35. The molecule has 1 aliphatic rings. The van der Waals surface area contributed by atoms with Crippen LogP contribution in [0.5, 0.6) is 0 Å². The molecule has 1 fully saturated rings. The Balaban J connectivity index is 0.000000437. The zero-order valence-electron chi connectivity index (χ0n) is 8.94. The molecule has 1 aromatic rings. The molecule has 0 atom stereocenters. The molecule has 0 saturated heterocycles. The second-order valence-corrected chi connectivity index (χ2v) is 3.80. The minimum Gasteiger partial charge on any atom is -0.483 e. The van der Waals surface area contributed by atoms with Crippen molar-refractivity contribution >= 4 is 6.47 Å². The molecular formula is C12H11F2NO2. The largest absolute Gasteiger partial charge is 0.483 e. The van der Waals surface area contributed by atoms with Gasteiger partial charge in [-0.05, 0) is 23.6 Å². The van der Waals surface area contributed by atoms with Crippen LogP contribution in [-0.4, -0.2) is 17.5 Å². The Morgan fingerprint density at radius 3 is 2.18 bits per heavy atom. The molecule has 1 aliphatic carbocycles. The first kappa shape index (κ1) is 13.1. The van der Waals surface area contributed by atoms with Gasteiger partial charge < -0.3 is 5.11 Å². The molecule has 0 heterocycles. The van der Waals surface area contributed by atoms with E-state index in [1.165, 1.54) is 0 Å². The second-order valence-electron chi connectivity index (χ2n) is 3.80. The highest BCUT2D eigenvalue weighted by Crippen LogP contribution is 2.48. The topological polar surface area (TPSA) is 61.1 Å². The van der Waals surface area contributed by atoms with E-state index in [-0.39, 0.29) is 25.2 Å². The summed E-state index contributed by atoms with van der Waals surface area (Å²) in [5.41, 5.74) is 1.48. The normalized spacial score (nSPS) is 17.0. The van der Waals surface area contributed by atoms with Gasteiger partial charge >= 0.3 is 0 Å². The van der Waals surface area contributed by atoms with Crippen molar-refractivity contribution in [2.24, 2.45) is 0 Å². The number of alkyl halides is 2. The van der Waals surface area contributed by atoms with Crippen LogP contribution < -0.4 is 0 Å². The molecule has 1 N–H and O–H groups in total. The monoisotopic (exact) mass is 239 g/mol. The average Bonchev–Trinajstić information content (AvgIpc) is 2.27. The summed E-state index contributed by atoms with van der Waals surface area (Å²) in [6.45, 7) is -0.250. The standard InChI is InChI=1S/C11H9F2N.CH2O2/c12-11(13)5-10(6-11)9-3-1-8(7-14)2-4-9;2-1-3/h1-4,10H,5-6H2;1H,(H,2,3). The fraction of sp³-hybridized carbons (Fsp3) is 0.333. The van der Waals surface area contributed by atoms with Gasteiger partial charge in [-0.1, -0.05) is 12.1 Å². The Labute approximate surface area is 97.3 Å². The molecule has 90 valence electrons. The fourth-order valence-electron chi connectivity index (χ4n) is 1.73. The van der Waals surface area contributed by atoms with E-state index < -0.39 is 5.92 Å². The zero-order valence-corrected chi connectivity index (χ0v) is 8.94. The zero-order chi connectivity index (χ0) is 12.9. The molecule has 0 unspecified atom stereocenters. The summed E-state index contributed by atoms with van der Waals surface area (Å²) < 4.78 is 25.1. The molecule has 1 aromatic carbocycles. The average molecular weight is 239 g/mol. The summed E-state index contributed by atoms with van der Waals surface area (Å²) in [4.78, 5) is 8.36. The molecule has 2 rings (SSSR count). The third kappa shape index (κ3) is 3.52. The van der Waals surface area contributed by atoms with E-state index in [4.69, 9.17) is 15.2 Å². The maximum Gasteiger partial charge on any atom is 0.290 e. The number of nitriles is 1. The van der Waals surface area contributed by atoms with E-state index in [1.54, 1.807) is 24.3 Å². The van der Waals surface area contributed by atoms with Crippen LogP contribution in [0.3, 0.4) is 0 Å². The summed E-state index contributed by atoms with van der Waals surface area (Å²) >= 11 is 0. The van der Waals surface area contributed by atoms with E-state index in [2.05, 4.69) is 0 Å². The number of benzene rings is 1. The molecule has 0 radical (unpaired) electrons. The van der Waals surface area contributed by atoms with E-state index in [9.17, 15) is 8.78 Å². The molecule has 0 aromatic heterocycles. The number of nitrogens with zero attached hydrogens (tertiary/aromatic N) is 1. The highest BCUT2D eigenvalue weighted by molar-refractivity contribution is 5.34. The number of rotatable bonds is 1. The van der Waals surface area contributed by atoms with Gasteiger partial charge in [0.25, 0.3) is 6.47 Å². The van der Waals surface area contributed by atoms with Crippen LogP contribution in [0.25, 0.3) is 0 Å². The summed E-state index contributed by atoms with van der Waals surface area (Å²) in [6, 6.07) is 8.87. The number of hydrogen-bond donors (Lipinski definition) is 1. The van der Waals surface area contributed by atoms with Crippen LogP contribution in [0.4, 0.5) is 8.78 Å². The molecule has 1 saturated carbocycles. The van der Waals surface area contributed by atoms with E-state index in [0.717, 1.165) is 5.56 Å². The lowest BCUT2D eigenvalue weighted by atomic mass is 9.77. The molecule has 5 heteroatoms. The molecule has 0 amide bonds. The lowest BCUT2D eigenvalue weighted by Crippen LogP contribution is -2.33. The highest BCUT2D eigenvalue weighted by Gasteiger charge is 2.45. The minimum atomic E-state index is -2.47. The third-order valence-electron chi connectivity index (χ3n) is 2.60. The Morgan fingerprint density at radius 1 is 1.35 bits per heavy atom. The minimum absolute atomic E-state index is 0.0299. The summed E-state index contributed by atoms with van der Waals surface area (Å²) in [5.74, 6) is -2.50. The number of carbonyl (C=O) groups is 1. The van der Waals surface area contributed by atoms with Gasteiger partial charge in [-0.25, -0.2) is 8.78 Å². The van der Waals surface area contributed by atoms with Gasteiger partial charge in [-0.2, -0.15) is 5.26 Å². The fourth-order valence-corrected chi connectivity index (χ4v) is 1.73. The van der Waals surface area contributed by atoms with Gasteiger partial charge in [0.2, 0.25) is 5.92 Å². The van der Waals surface area contributed by atoms with Crippen LogP contribution >= 0.6 is 0 Å². The van der Waals surface area contributed by atoms with Crippen molar-refractivity contribution in [1.82, 2.24) is 0 Å². The first-order valence-corrected chi connectivity index (χ1v) is 4.98. The van der Waals surface area contributed by atoms with Crippen molar-refractivity contribution in [3.63, 3.8) is 0 Å². The quantitative estimate of drug-likeness (QED) is 0.766. The van der Waals surface area contributed by atoms with Crippen molar-refractivity contribution in [2.75, 3.05) is 0 Å². The predicted octanol–water partition coefficient (Wildman–Crippen LogP) is 2.77. The van der Waals surface area contributed by atoms with Crippen LogP contribution in [0.1, 0.15) is 29.9 Å². The van der Waals surface area contributed by atoms with E-state index in [0.29, 0.717) is 5.56 Å². The summed E-state index contributed by atoms with van der Waals surface area (Å²) in [7, 11) is 0. The van der Waals surface area contributed by atoms with Crippen LogP contribution in [0.2, 0.25) is 0 Å². The molecular weight excluding hydrogens is 228 g/mol. The van der Waals surface area contributed by atoms with Crippen LogP contribution in [-0.2, 0) is 4.79 Å². The Morgan fingerprint density at radius 2 is 1.82 bits per heavy atom. The second kappa shape index (κ2) is 5.39. The van der Waals surface area contributed by atoms with Crippen molar-refractivity contribution in [2.45, 2.75) is 24.7 Å². The van der Waals surface area contributed by atoms with Gasteiger partial charge in [0, 0.05) is 12.8 Å². The van der Waals surface area contributed by atoms with Crippen molar-refractivity contribution < 1.29 is 18.7 Å². The Kier molecular flexibility index (Phi) is 4.16. The first-order chi connectivity index (χ1) is 8.02. The van der Waals surface area contributed by atoms with Gasteiger partial charge in [-0.15, -0.1) is 0 Å². The number of carboxylic acid groups (broad SMARTS) is 1. The van der Waals surface area contributed by atoms with Gasteiger partial charge in [0.05, 0.1) is 11.6 Å². The smallest absolute Gasteiger partial charge is 0.290 e. The molecule has 17 heavy (non-hydrogen) atoms. The van der Waals surface area contributed by atoms with E-state index >= 15 is 0 Å².